The summed E-state index contributed by atoms with van der Waals surface area (Å²) < 4.78 is 0. The first-order valence-corrected chi connectivity index (χ1v) is 5.38. The largest absolute Gasteiger partial charge is 0.393 e. The van der Waals surface area contributed by atoms with Gasteiger partial charge in [0.25, 0.3) is 0 Å². The summed E-state index contributed by atoms with van der Waals surface area (Å²) in [5.41, 5.74) is 0. The van der Waals surface area contributed by atoms with E-state index in [9.17, 15) is 0 Å². The normalized spacial score (nSPS) is 27.2. The van der Waals surface area contributed by atoms with Crippen LogP contribution in [0.4, 0.5) is 0 Å². The van der Waals surface area contributed by atoms with Gasteiger partial charge in [0.05, 0.1) is 6.10 Å². The number of thiazole rings is 1. The third-order valence-electron chi connectivity index (χ3n) is 2.32. The Bertz CT molecular complexity index is 281. The molecule has 13 heavy (non-hydrogen) atoms. The molecule has 72 valence electrons. The second kappa shape index (κ2) is 3.74. The van der Waals surface area contributed by atoms with E-state index in [0.717, 1.165) is 24.4 Å². The van der Waals surface area contributed by atoms with Crippen LogP contribution in [0.25, 0.3) is 0 Å². The number of aromatic nitrogens is 1. The van der Waals surface area contributed by atoms with Crippen LogP contribution in [0.3, 0.4) is 0 Å². The summed E-state index contributed by atoms with van der Waals surface area (Å²) in [7, 11) is 0. The SMILES string of the molecule is Cc1cnc(CNC2CC(O)C2)s1. The average Bonchev–Trinajstić information content (AvgIpc) is 2.43. The van der Waals surface area contributed by atoms with E-state index in [1.165, 1.54) is 4.88 Å². The lowest BCUT2D eigenvalue weighted by Crippen LogP contribution is -2.43. The summed E-state index contributed by atoms with van der Waals surface area (Å²) in [6, 6.07) is 0.499. The molecule has 3 nitrogen and oxygen atoms in total. The van der Waals surface area contributed by atoms with Crippen LogP contribution < -0.4 is 5.32 Å². The monoisotopic (exact) mass is 198 g/mol. The molecular weight excluding hydrogens is 184 g/mol. The Morgan fingerprint density at radius 1 is 1.69 bits per heavy atom. The molecule has 0 unspecified atom stereocenters. The molecular formula is C9H14N2OS. The molecule has 1 aliphatic carbocycles. The Hall–Kier alpha value is -0.450. The number of nitrogens with zero attached hydrogens (tertiary/aromatic N) is 1. The molecule has 0 spiro atoms. The topological polar surface area (TPSA) is 45.2 Å². The van der Waals surface area contributed by atoms with E-state index in [0.29, 0.717) is 6.04 Å². The summed E-state index contributed by atoms with van der Waals surface area (Å²) in [6.45, 7) is 2.91. The van der Waals surface area contributed by atoms with Gasteiger partial charge in [-0.25, -0.2) is 4.98 Å². The minimum atomic E-state index is -0.0736. The number of hydrogen-bond acceptors (Lipinski definition) is 4. The van der Waals surface area contributed by atoms with Crippen molar-refractivity contribution in [2.24, 2.45) is 0 Å². The quantitative estimate of drug-likeness (QED) is 0.763. The summed E-state index contributed by atoms with van der Waals surface area (Å²) in [5, 5.41) is 13.6. The van der Waals surface area contributed by atoms with Crippen LogP contribution in [-0.2, 0) is 6.54 Å². The second-order valence-corrected chi connectivity index (χ2v) is 4.89. The standard InChI is InChI=1S/C9H14N2OS/c1-6-4-11-9(13-6)5-10-7-2-8(12)3-7/h4,7-8,10,12H,2-3,5H2,1H3. The zero-order valence-corrected chi connectivity index (χ0v) is 8.47. The molecule has 2 N–H and O–H groups in total. The maximum atomic E-state index is 9.07. The van der Waals surface area contributed by atoms with E-state index in [1.54, 1.807) is 11.3 Å². The van der Waals surface area contributed by atoms with E-state index in [2.05, 4.69) is 17.2 Å². The number of hydrogen-bond donors (Lipinski definition) is 2. The van der Waals surface area contributed by atoms with Gasteiger partial charge in [-0.2, -0.15) is 0 Å². The van der Waals surface area contributed by atoms with Crippen molar-refractivity contribution < 1.29 is 5.11 Å². The molecule has 0 aromatic carbocycles. The highest BCUT2D eigenvalue weighted by atomic mass is 32.1. The lowest BCUT2D eigenvalue weighted by Gasteiger charge is -2.31. The summed E-state index contributed by atoms with van der Waals surface area (Å²) in [5.74, 6) is 0. The van der Waals surface area contributed by atoms with Crippen LogP contribution in [-0.4, -0.2) is 22.2 Å². The Kier molecular flexibility index (Phi) is 2.62. The lowest BCUT2D eigenvalue weighted by molar-refractivity contribution is 0.0619. The first kappa shape index (κ1) is 9.12. The lowest BCUT2D eigenvalue weighted by atomic mass is 9.90. The molecule has 1 heterocycles. The number of aliphatic hydroxyl groups is 1. The predicted molar refractivity (Wildman–Crippen MR) is 52.7 cm³/mol. The molecule has 0 aliphatic heterocycles. The maximum absolute atomic E-state index is 9.07. The first-order chi connectivity index (χ1) is 6.24. The number of aryl methyl sites for hydroxylation is 1. The van der Waals surface area contributed by atoms with Gasteiger partial charge in [0.15, 0.2) is 0 Å². The van der Waals surface area contributed by atoms with Gasteiger partial charge in [0.2, 0.25) is 0 Å². The number of nitrogens with one attached hydrogen (secondary N) is 1. The number of aliphatic hydroxyl groups excluding tert-OH is 1. The molecule has 2 rings (SSSR count). The minimum absolute atomic E-state index is 0.0736. The van der Waals surface area contributed by atoms with E-state index >= 15 is 0 Å². The van der Waals surface area contributed by atoms with Gasteiger partial charge in [0, 0.05) is 23.7 Å². The molecule has 1 aromatic rings. The van der Waals surface area contributed by atoms with E-state index < -0.39 is 0 Å². The first-order valence-electron chi connectivity index (χ1n) is 4.57. The van der Waals surface area contributed by atoms with Crippen LogP contribution in [0.1, 0.15) is 22.7 Å². The van der Waals surface area contributed by atoms with Gasteiger partial charge in [0.1, 0.15) is 5.01 Å². The maximum Gasteiger partial charge on any atom is 0.107 e. The average molecular weight is 198 g/mol. The molecule has 0 bridgehead atoms. The van der Waals surface area contributed by atoms with E-state index in [-0.39, 0.29) is 6.10 Å². The van der Waals surface area contributed by atoms with Gasteiger partial charge in [-0.15, -0.1) is 11.3 Å². The van der Waals surface area contributed by atoms with Crippen molar-refractivity contribution in [1.29, 1.82) is 0 Å². The van der Waals surface area contributed by atoms with Crippen LogP contribution in [0.5, 0.6) is 0 Å². The van der Waals surface area contributed by atoms with Gasteiger partial charge in [-0.05, 0) is 19.8 Å². The molecule has 0 saturated heterocycles. The Labute approximate surface area is 81.8 Å². The van der Waals surface area contributed by atoms with Crippen molar-refractivity contribution in [2.45, 2.75) is 38.5 Å². The van der Waals surface area contributed by atoms with Crippen molar-refractivity contribution in [3.05, 3.63) is 16.1 Å². The highest BCUT2D eigenvalue weighted by molar-refractivity contribution is 7.11. The molecule has 1 aromatic heterocycles. The highest BCUT2D eigenvalue weighted by Crippen LogP contribution is 2.20. The van der Waals surface area contributed by atoms with Gasteiger partial charge < -0.3 is 10.4 Å². The van der Waals surface area contributed by atoms with Crippen LogP contribution in [0, 0.1) is 6.92 Å². The van der Waals surface area contributed by atoms with E-state index in [1.807, 2.05) is 6.20 Å². The van der Waals surface area contributed by atoms with E-state index in [4.69, 9.17) is 5.11 Å². The smallest absolute Gasteiger partial charge is 0.107 e. The zero-order valence-electron chi connectivity index (χ0n) is 7.66. The molecule has 4 heteroatoms. The molecule has 0 atom stereocenters. The third-order valence-corrected chi connectivity index (χ3v) is 3.24. The van der Waals surface area contributed by atoms with Gasteiger partial charge >= 0.3 is 0 Å². The predicted octanol–water partition coefficient (Wildman–Crippen LogP) is 1.06. The van der Waals surface area contributed by atoms with Crippen LogP contribution in [0.2, 0.25) is 0 Å². The Balaban J connectivity index is 1.74. The van der Waals surface area contributed by atoms with Crippen molar-refractivity contribution in [3.8, 4) is 0 Å². The number of rotatable bonds is 3. The third kappa shape index (κ3) is 2.27. The second-order valence-electron chi connectivity index (χ2n) is 3.57. The fourth-order valence-corrected chi connectivity index (χ4v) is 2.21. The fourth-order valence-electron chi connectivity index (χ4n) is 1.47. The summed E-state index contributed by atoms with van der Waals surface area (Å²) in [6.07, 6.45) is 3.61. The van der Waals surface area contributed by atoms with Crippen molar-refractivity contribution in [2.75, 3.05) is 0 Å². The molecule has 1 saturated carbocycles. The summed E-state index contributed by atoms with van der Waals surface area (Å²) in [4.78, 5) is 5.51. The molecule has 1 fully saturated rings. The Morgan fingerprint density at radius 3 is 3.00 bits per heavy atom. The van der Waals surface area contributed by atoms with Crippen molar-refractivity contribution in [3.63, 3.8) is 0 Å². The van der Waals surface area contributed by atoms with Crippen LogP contribution in [0.15, 0.2) is 6.20 Å². The van der Waals surface area contributed by atoms with Crippen LogP contribution >= 0.6 is 11.3 Å². The fraction of sp³-hybridized carbons (Fsp3) is 0.667. The van der Waals surface area contributed by atoms with Gasteiger partial charge in [-0.1, -0.05) is 0 Å². The van der Waals surface area contributed by atoms with Crippen molar-refractivity contribution >= 4 is 11.3 Å². The van der Waals surface area contributed by atoms with Gasteiger partial charge in [-0.3, -0.25) is 0 Å². The highest BCUT2D eigenvalue weighted by Gasteiger charge is 2.26. The summed E-state index contributed by atoms with van der Waals surface area (Å²) >= 11 is 1.73. The molecule has 0 radical (unpaired) electrons. The van der Waals surface area contributed by atoms with Crippen molar-refractivity contribution in [1.82, 2.24) is 10.3 Å². The molecule has 0 amide bonds. The minimum Gasteiger partial charge on any atom is -0.393 e. The molecule has 1 aliphatic rings. The zero-order chi connectivity index (χ0) is 9.26. The Morgan fingerprint density at radius 2 is 2.46 bits per heavy atom.